The third kappa shape index (κ3) is 4.81. The normalized spacial score (nSPS) is 13.3. The molecule has 0 spiro atoms. The molecule has 0 saturated carbocycles. The van der Waals surface area contributed by atoms with E-state index in [4.69, 9.17) is 0 Å². The lowest BCUT2D eigenvalue weighted by Gasteiger charge is -2.35. The summed E-state index contributed by atoms with van der Waals surface area (Å²) in [6.45, 7) is 4.75. The highest BCUT2D eigenvalue weighted by molar-refractivity contribution is 7.20. The molecule has 0 N–H and O–H groups in total. The highest BCUT2D eigenvalue weighted by Gasteiger charge is 2.43. The van der Waals surface area contributed by atoms with Gasteiger partial charge in [-0.25, -0.2) is 0 Å². The number of rotatable bonds is 6. The Bertz CT molecular complexity index is 3390. The molecule has 9 aromatic carbocycles. The van der Waals surface area contributed by atoms with E-state index in [9.17, 15) is 0 Å². The molecule has 1 aliphatic rings. The van der Waals surface area contributed by atoms with Crippen LogP contribution in [0, 0.1) is 0 Å². The molecule has 0 radical (unpaired) electrons. The number of nitrogens with zero attached hydrogens (tertiary/aromatic N) is 2. The highest BCUT2D eigenvalue weighted by Crippen LogP contribution is 2.51. The number of benzene rings is 9. The average Bonchev–Trinajstić information content (AvgIpc) is 3.90. The second-order valence-corrected chi connectivity index (χ2v) is 20.6. The van der Waals surface area contributed by atoms with E-state index in [0.717, 1.165) is 0 Å². The zero-order valence-corrected chi connectivity index (χ0v) is 34.7. The van der Waals surface area contributed by atoms with E-state index in [1.807, 2.05) is 0 Å². The molecular weight excluding hydrogens is 741 g/mol. The molecule has 1 aliphatic carbocycles. The molecule has 11 aromatic rings. The summed E-state index contributed by atoms with van der Waals surface area (Å²) in [5, 5.41) is 10.6. The summed E-state index contributed by atoms with van der Waals surface area (Å²) in [5.41, 5.74) is 12.7. The highest BCUT2D eigenvalue weighted by atomic mass is 28.3. The Morgan fingerprint density at radius 1 is 0.350 bits per heavy atom. The van der Waals surface area contributed by atoms with E-state index in [1.54, 1.807) is 0 Å². The van der Waals surface area contributed by atoms with E-state index < -0.39 is 8.07 Å². The van der Waals surface area contributed by atoms with Gasteiger partial charge in [-0.05, 0) is 97.6 Å². The minimum atomic E-state index is -2.98. The lowest BCUT2D eigenvalue weighted by atomic mass is 9.82. The van der Waals surface area contributed by atoms with Crippen LogP contribution < -0.4 is 20.7 Å². The molecule has 0 unspecified atom stereocenters. The van der Waals surface area contributed by atoms with Gasteiger partial charge in [0.1, 0.15) is 0 Å². The fraction of sp³-hybridized carbons (Fsp3) is 0.0526. The van der Waals surface area contributed by atoms with Crippen LogP contribution in [-0.2, 0) is 5.41 Å². The summed E-state index contributed by atoms with van der Waals surface area (Å²) < 4.78 is 4.95. The molecule has 284 valence electrons. The second-order valence-electron chi connectivity index (χ2n) is 16.9. The van der Waals surface area contributed by atoms with Crippen LogP contribution in [0.4, 0.5) is 0 Å². The average molecular weight is 783 g/mol. The largest absolute Gasteiger partial charge is 0.309 e. The van der Waals surface area contributed by atoms with Crippen molar-refractivity contribution >= 4 is 72.4 Å². The van der Waals surface area contributed by atoms with Crippen molar-refractivity contribution in [3.63, 3.8) is 0 Å². The maximum atomic E-state index is 2.50. The van der Waals surface area contributed by atoms with Crippen molar-refractivity contribution in [1.82, 2.24) is 9.13 Å². The Kier molecular flexibility index (Phi) is 7.63. The fourth-order valence-electron chi connectivity index (χ4n) is 10.8. The van der Waals surface area contributed by atoms with Gasteiger partial charge in [0.05, 0.1) is 22.1 Å². The maximum absolute atomic E-state index is 2.98. The van der Waals surface area contributed by atoms with E-state index in [2.05, 4.69) is 241 Å². The van der Waals surface area contributed by atoms with Gasteiger partial charge in [-0.2, -0.15) is 0 Å². The molecule has 2 aromatic heterocycles. The van der Waals surface area contributed by atoms with Gasteiger partial charge in [-0.3, -0.25) is 0 Å². The van der Waals surface area contributed by atoms with Crippen LogP contribution in [0.15, 0.2) is 218 Å². The predicted octanol–water partition coefficient (Wildman–Crippen LogP) is 11.6. The van der Waals surface area contributed by atoms with Crippen LogP contribution in [0.25, 0.3) is 66.1 Å². The molecule has 0 saturated heterocycles. The van der Waals surface area contributed by atoms with Gasteiger partial charge >= 0.3 is 0 Å². The number of aromatic nitrogens is 2. The van der Waals surface area contributed by atoms with Crippen LogP contribution in [0.2, 0.25) is 0 Å². The summed E-state index contributed by atoms with van der Waals surface area (Å²) in [6.07, 6.45) is 0. The standard InChI is InChI=1S/C57H42N2Si/c1-57(2)49-28-15-12-25-44(49)47-37-48-45-26-13-16-29-51(45)59(54(48)38-50(47)57)40-33-35-43(36-34-40)60(41-21-8-4-9-22-41,42-23-10-5-11-24-42)55-32-18-31-53-56(55)46-27-14-17-30-52(46)58(53)39-19-6-3-7-20-39/h3-38H,1-2H3. The van der Waals surface area contributed by atoms with Crippen molar-refractivity contribution in [2.75, 3.05) is 0 Å². The van der Waals surface area contributed by atoms with Crippen molar-refractivity contribution < 1.29 is 0 Å². The monoisotopic (exact) mass is 782 g/mol. The molecular formula is C57H42N2Si. The van der Waals surface area contributed by atoms with Gasteiger partial charge in [0.2, 0.25) is 0 Å². The zero-order chi connectivity index (χ0) is 40.0. The molecule has 2 nitrogen and oxygen atoms in total. The number of para-hydroxylation sites is 3. The van der Waals surface area contributed by atoms with Crippen molar-refractivity contribution in [3.8, 4) is 22.5 Å². The van der Waals surface area contributed by atoms with E-state index in [0.29, 0.717) is 0 Å². The summed E-state index contributed by atoms with van der Waals surface area (Å²) in [5.74, 6) is 0. The first kappa shape index (κ1) is 34.8. The fourth-order valence-corrected chi connectivity index (χ4v) is 15.8. The van der Waals surface area contributed by atoms with E-state index in [-0.39, 0.29) is 5.41 Å². The quantitative estimate of drug-likeness (QED) is 0.117. The predicted molar refractivity (Wildman–Crippen MR) is 256 cm³/mol. The Labute approximate surface area is 351 Å². The molecule has 60 heavy (non-hydrogen) atoms. The molecule has 0 bridgehead atoms. The Morgan fingerprint density at radius 2 is 0.867 bits per heavy atom. The summed E-state index contributed by atoms with van der Waals surface area (Å²) in [4.78, 5) is 0. The van der Waals surface area contributed by atoms with Gasteiger partial charge in [0, 0.05) is 38.3 Å². The molecule has 0 aliphatic heterocycles. The van der Waals surface area contributed by atoms with Crippen LogP contribution in [0.1, 0.15) is 25.0 Å². The van der Waals surface area contributed by atoms with Crippen molar-refractivity contribution in [2.24, 2.45) is 0 Å². The van der Waals surface area contributed by atoms with Gasteiger partial charge in [-0.1, -0.05) is 178 Å². The number of hydrogen-bond donors (Lipinski definition) is 0. The minimum Gasteiger partial charge on any atom is -0.309 e. The Balaban J connectivity index is 1.14. The maximum Gasteiger partial charge on any atom is 0.180 e. The van der Waals surface area contributed by atoms with E-state index in [1.165, 1.54) is 98.0 Å². The Hall–Kier alpha value is -7.20. The smallest absolute Gasteiger partial charge is 0.180 e. The SMILES string of the molecule is CC1(C)c2ccccc2-c2cc3c4ccccc4n(-c4ccc([Si](c5ccccc5)(c5ccccc5)c5cccc6c5c5ccccc5n6-c5ccccc5)cc4)c3cc21. The Morgan fingerprint density at radius 3 is 1.57 bits per heavy atom. The first-order valence-electron chi connectivity index (χ1n) is 21.0. The third-order valence-corrected chi connectivity index (χ3v) is 18.3. The molecule has 3 heteroatoms. The lowest BCUT2D eigenvalue weighted by Crippen LogP contribution is -2.74. The topological polar surface area (TPSA) is 9.86 Å². The molecule has 12 rings (SSSR count). The molecule has 0 fully saturated rings. The third-order valence-electron chi connectivity index (χ3n) is 13.5. The van der Waals surface area contributed by atoms with Crippen molar-refractivity contribution in [3.05, 3.63) is 230 Å². The summed E-state index contributed by atoms with van der Waals surface area (Å²) in [6, 6.07) is 81.9. The minimum absolute atomic E-state index is 0.0908. The van der Waals surface area contributed by atoms with Gasteiger partial charge in [-0.15, -0.1) is 0 Å². The number of hydrogen-bond acceptors (Lipinski definition) is 0. The van der Waals surface area contributed by atoms with Crippen molar-refractivity contribution in [2.45, 2.75) is 19.3 Å². The summed E-state index contributed by atoms with van der Waals surface area (Å²) >= 11 is 0. The van der Waals surface area contributed by atoms with E-state index >= 15 is 0 Å². The lowest BCUT2D eigenvalue weighted by molar-refractivity contribution is 0.661. The first-order chi connectivity index (χ1) is 29.5. The molecule has 2 heterocycles. The molecule has 0 atom stereocenters. The van der Waals surface area contributed by atoms with Crippen LogP contribution in [-0.4, -0.2) is 17.2 Å². The first-order valence-corrected chi connectivity index (χ1v) is 23.0. The second kappa shape index (κ2) is 13.2. The van der Waals surface area contributed by atoms with Crippen molar-refractivity contribution in [1.29, 1.82) is 0 Å². The summed E-state index contributed by atoms with van der Waals surface area (Å²) in [7, 11) is -2.98. The zero-order valence-electron chi connectivity index (χ0n) is 33.7. The molecule has 0 amide bonds. The van der Waals surface area contributed by atoms with Crippen LogP contribution in [0.3, 0.4) is 0 Å². The van der Waals surface area contributed by atoms with Crippen LogP contribution in [0.5, 0.6) is 0 Å². The number of fused-ring (bicyclic) bond motifs is 9. The van der Waals surface area contributed by atoms with Crippen LogP contribution >= 0.6 is 0 Å². The van der Waals surface area contributed by atoms with Gasteiger partial charge in [0.25, 0.3) is 0 Å². The van der Waals surface area contributed by atoms with Gasteiger partial charge < -0.3 is 9.13 Å². The van der Waals surface area contributed by atoms with Gasteiger partial charge in [0.15, 0.2) is 8.07 Å².